The van der Waals surface area contributed by atoms with Gasteiger partial charge in [-0.15, -0.1) is 0 Å². The maximum absolute atomic E-state index is 10.6. The van der Waals surface area contributed by atoms with Gasteiger partial charge in [-0.3, -0.25) is 0 Å². The Labute approximate surface area is 88.1 Å². The van der Waals surface area contributed by atoms with Crippen LogP contribution >= 0.6 is 0 Å². The largest absolute Gasteiger partial charge is 0.383 e. The fourth-order valence-corrected chi connectivity index (χ4v) is 2.09. The van der Waals surface area contributed by atoms with Crippen LogP contribution in [0.3, 0.4) is 0 Å². The minimum Gasteiger partial charge on any atom is -0.383 e. The molecule has 2 rings (SSSR count). The molecule has 0 aliphatic heterocycles. The Bertz CT molecular complexity index is 392. The van der Waals surface area contributed by atoms with E-state index < -0.39 is 11.6 Å². The van der Waals surface area contributed by atoms with Crippen molar-refractivity contribution in [3.05, 3.63) is 35.4 Å². The van der Waals surface area contributed by atoms with Crippen LogP contribution < -0.4 is 11.1 Å². The number of nitrogens with two attached hydrogens (primary N) is 1. The molecule has 1 atom stereocenters. The van der Waals surface area contributed by atoms with Crippen LogP contribution in [-0.2, 0) is 12.0 Å². The van der Waals surface area contributed by atoms with Crippen LogP contribution in [0.4, 0.5) is 4.79 Å². The smallest absolute Gasteiger partial charge is 0.312 e. The molecule has 4 heteroatoms. The van der Waals surface area contributed by atoms with Crippen molar-refractivity contribution in [3.8, 4) is 0 Å². The Morgan fingerprint density at radius 2 is 2.27 bits per heavy atom. The van der Waals surface area contributed by atoms with Crippen molar-refractivity contribution >= 4 is 6.03 Å². The van der Waals surface area contributed by atoms with E-state index in [2.05, 4.69) is 5.32 Å². The van der Waals surface area contributed by atoms with E-state index in [1.165, 1.54) is 0 Å². The maximum Gasteiger partial charge on any atom is 0.312 e. The van der Waals surface area contributed by atoms with Crippen molar-refractivity contribution < 1.29 is 9.90 Å². The maximum atomic E-state index is 10.6. The number of carbonyl (C=O) groups is 1. The number of urea groups is 1. The van der Waals surface area contributed by atoms with E-state index in [1.54, 1.807) is 0 Å². The van der Waals surface area contributed by atoms with Gasteiger partial charge in [-0.1, -0.05) is 24.3 Å². The molecule has 4 N–H and O–H groups in total. The predicted octanol–water partition coefficient (Wildman–Crippen LogP) is 0.489. The molecule has 1 aliphatic rings. The average Bonchev–Trinajstić information content (AvgIpc) is 2.56. The third-order valence-corrected chi connectivity index (χ3v) is 2.88. The van der Waals surface area contributed by atoms with Crippen molar-refractivity contribution in [1.82, 2.24) is 5.32 Å². The number of primary amides is 1. The number of hydrogen-bond acceptors (Lipinski definition) is 2. The Hall–Kier alpha value is -1.55. The molecule has 15 heavy (non-hydrogen) atoms. The number of rotatable bonds is 2. The average molecular weight is 206 g/mol. The molecular weight excluding hydrogens is 192 g/mol. The summed E-state index contributed by atoms with van der Waals surface area (Å²) in [5.74, 6) is 0. The molecule has 80 valence electrons. The Morgan fingerprint density at radius 1 is 1.53 bits per heavy atom. The number of hydrogen-bond donors (Lipinski definition) is 3. The second-order valence-corrected chi connectivity index (χ2v) is 3.91. The fourth-order valence-electron chi connectivity index (χ4n) is 2.09. The van der Waals surface area contributed by atoms with Gasteiger partial charge in [0.25, 0.3) is 0 Å². The van der Waals surface area contributed by atoms with Crippen molar-refractivity contribution in [2.45, 2.75) is 18.4 Å². The molecule has 0 aromatic heterocycles. The van der Waals surface area contributed by atoms with E-state index in [9.17, 15) is 9.90 Å². The number of amides is 2. The van der Waals surface area contributed by atoms with Crippen LogP contribution in [0.25, 0.3) is 0 Å². The lowest BCUT2D eigenvalue weighted by atomic mass is 9.96. The SMILES string of the molecule is NC(=O)NCC1(O)CCc2ccccc21. The van der Waals surface area contributed by atoms with Gasteiger partial charge in [0.2, 0.25) is 0 Å². The zero-order valence-electron chi connectivity index (χ0n) is 8.36. The molecule has 1 unspecified atom stereocenters. The Balaban J connectivity index is 2.21. The lowest BCUT2D eigenvalue weighted by Gasteiger charge is -2.23. The first kappa shape index (κ1) is 9.98. The van der Waals surface area contributed by atoms with Crippen molar-refractivity contribution in [2.24, 2.45) is 5.73 Å². The molecule has 0 bridgehead atoms. The van der Waals surface area contributed by atoms with E-state index in [4.69, 9.17) is 5.73 Å². The predicted molar refractivity (Wildman–Crippen MR) is 56.2 cm³/mol. The molecule has 0 spiro atoms. The van der Waals surface area contributed by atoms with Crippen molar-refractivity contribution in [3.63, 3.8) is 0 Å². The second kappa shape index (κ2) is 3.55. The summed E-state index contributed by atoms with van der Waals surface area (Å²) >= 11 is 0. The van der Waals surface area contributed by atoms with E-state index in [0.29, 0.717) is 6.42 Å². The third kappa shape index (κ3) is 1.80. The Kier molecular flexibility index (Phi) is 2.36. The first-order chi connectivity index (χ1) is 7.12. The molecule has 0 fully saturated rings. The van der Waals surface area contributed by atoms with Crippen LogP contribution in [0.5, 0.6) is 0 Å². The zero-order chi connectivity index (χ0) is 10.9. The summed E-state index contributed by atoms with van der Waals surface area (Å²) < 4.78 is 0. The van der Waals surface area contributed by atoms with Gasteiger partial charge in [0.15, 0.2) is 0 Å². The standard InChI is InChI=1S/C11H14N2O2/c12-10(14)13-7-11(15)6-5-8-3-1-2-4-9(8)11/h1-4,15H,5-7H2,(H3,12,13,14). The number of fused-ring (bicyclic) bond motifs is 1. The molecule has 0 saturated heterocycles. The first-order valence-corrected chi connectivity index (χ1v) is 4.96. The number of aliphatic hydroxyl groups is 1. The van der Waals surface area contributed by atoms with Crippen LogP contribution in [0.15, 0.2) is 24.3 Å². The topological polar surface area (TPSA) is 75.4 Å². The molecular formula is C11H14N2O2. The second-order valence-electron chi connectivity index (χ2n) is 3.91. The monoisotopic (exact) mass is 206 g/mol. The number of carbonyl (C=O) groups excluding carboxylic acids is 1. The summed E-state index contributed by atoms with van der Waals surface area (Å²) in [4.78, 5) is 10.6. The normalized spacial score (nSPS) is 23.5. The summed E-state index contributed by atoms with van der Waals surface area (Å²) in [5.41, 5.74) is 6.08. The van der Waals surface area contributed by atoms with Crippen molar-refractivity contribution in [2.75, 3.05) is 6.54 Å². The van der Waals surface area contributed by atoms with Crippen LogP contribution in [0.1, 0.15) is 17.5 Å². The third-order valence-electron chi connectivity index (χ3n) is 2.88. The summed E-state index contributed by atoms with van der Waals surface area (Å²) in [6, 6.07) is 7.13. The van der Waals surface area contributed by atoms with Gasteiger partial charge in [-0.2, -0.15) is 0 Å². The minimum absolute atomic E-state index is 0.180. The molecule has 4 nitrogen and oxygen atoms in total. The van der Waals surface area contributed by atoms with Gasteiger partial charge in [-0.25, -0.2) is 4.79 Å². The highest BCUT2D eigenvalue weighted by molar-refractivity contribution is 5.71. The Morgan fingerprint density at radius 3 is 3.00 bits per heavy atom. The van der Waals surface area contributed by atoms with E-state index in [0.717, 1.165) is 17.5 Å². The fraction of sp³-hybridized carbons (Fsp3) is 0.364. The molecule has 0 heterocycles. The lowest BCUT2D eigenvalue weighted by molar-refractivity contribution is 0.0415. The highest BCUT2D eigenvalue weighted by Gasteiger charge is 2.36. The zero-order valence-corrected chi connectivity index (χ0v) is 8.36. The van der Waals surface area contributed by atoms with Gasteiger partial charge >= 0.3 is 6.03 Å². The van der Waals surface area contributed by atoms with Gasteiger partial charge in [0.05, 0.1) is 6.54 Å². The highest BCUT2D eigenvalue weighted by Crippen LogP contribution is 2.35. The van der Waals surface area contributed by atoms with Crippen LogP contribution in [0, 0.1) is 0 Å². The lowest BCUT2D eigenvalue weighted by Crippen LogP contribution is -2.41. The number of aryl methyl sites for hydroxylation is 1. The van der Waals surface area contributed by atoms with Gasteiger partial charge in [-0.05, 0) is 24.0 Å². The molecule has 2 amide bonds. The number of benzene rings is 1. The summed E-state index contributed by atoms with van der Waals surface area (Å²) in [5, 5.41) is 12.8. The van der Waals surface area contributed by atoms with Crippen LogP contribution in [-0.4, -0.2) is 17.7 Å². The van der Waals surface area contributed by atoms with Crippen LogP contribution in [0.2, 0.25) is 0 Å². The van der Waals surface area contributed by atoms with Gasteiger partial charge in [0, 0.05) is 0 Å². The van der Waals surface area contributed by atoms with Gasteiger partial charge in [0.1, 0.15) is 5.60 Å². The molecule has 0 radical (unpaired) electrons. The molecule has 1 aromatic rings. The molecule has 0 saturated carbocycles. The van der Waals surface area contributed by atoms with Gasteiger partial charge < -0.3 is 16.2 Å². The summed E-state index contributed by atoms with van der Waals surface area (Å²) in [6.45, 7) is 0.180. The number of nitrogens with one attached hydrogen (secondary N) is 1. The summed E-state index contributed by atoms with van der Waals surface area (Å²) in [7, 11) is 0. The minimum atomic E-state index is -0.953. The molecule has 1 aliphatic carbocycles. The van der Waals surface area contributed by atoms with E-state index >= 15 is 0 Å². The van der Waals surface area contributed by atoms with E-state index in [1.807, 2.05) is 24.3 Å². The van der Waals surface area contributed by atoms with E-state index in [-0.39, 0.29) is 6.54 Å². The quantitative estimate of drug-likeness (QED) is 0.658. The highest BCUT2D eigenvalue weighted by atomic mass is 16.3. The van der Waals surface area contributed by atoms with Crippen molar-refractivity contribution in [1.29, 1.82) is 0 Å². The first-order valence-electron chi connectivity index (χ1n) is 4.96. The molecule has 1 aromatic carbocycles. The summed E-state index contributed by atoms with van der Waals surface area (Å²) in [6.07, 6.45) is 1.47.